The predicted octanol–water partition coefficient (Wildman–Crippen LogP) is 5.70. The number of ether oxygens (including phenoxy) is 1. The summed E-state index contributed by atoms with van der Waals surface area (Å²) in [6.45, 7) is 4.17. The Balaban J connectivity index is 1.60. The Bertz CT molecular complexity index is 1140. The number of amides is 1. The number of carbonyl (C=O) groups is 1. The molecule has 1 amide bonds. The molecular formula is C28H30F2N2O2. The highest BCUT2D eigenvalue weighted by Crippen LogP contribution is 2.40. The van der Waals surface area contributed by atoms with E-state index in [0.29, 0.717) is 13.0 Å². The van der Waals surface area contributed by atoms with Gasteiger partial charge < -0.3 is 15.4 Å². The zero-order valence-electron chi connectivity index (χ0n) is 19.5. The zero-order chi connectivity index (χ0) is 24.1. The van der Waals surface area contributed by atoms with Gasteiger partial charge in [0.25, 0.3) is 0 Å². The summed E-state index contributed by atoms with van der Waals surface area (Å²) in [5.74, 6) is -0.883. The molecule has 6 heteroatoms. The second-order valence-corrected chi connectivity index (χ2v) is 8.81. The molecule has 3 aromatic rings. The molecule has 0 bridgehead atoms. The van der Waals surface area contributed by atoms with Gasteiger partial charge in [0, 0.05) is 25.1 Å². The Morgan fingerprint density at radius 2 is 1.82 bits per heavy atom. The molecule has 178 valence electrons. The average molecular weight is 465 g/mol. The number of benzene rings is 3. The lowest BCUT2D eigenvalue weighted by atomic mass is 9.75. The number of hydrogen-bond donors (Lipinski definition) is 2. The van der Waals surface area contributed by atoms with Crippen LogP contribution in [0.25, 0.3) is 11.1 Å². The van der Waals surface area contributed by atoms with Gasteiger partial charge in [-0.2, -0.15) is 0 Å². The SMILES string of the molecule is COC(=O)NCCc1ccccc1-c1ccc([C@H]2CNCC[C@@H]2c2cc(F)cc(F)c2)c(C)c1. The Morgan fingerprint density at radius 1 is 1.06 bits per heavy atom. The molecule has 3 aromatic carbocycles. The number of hydrogen-bond acceptors (Lipinski definition) is 3. The third kappa shape index (κ3) is 5.45. The van der Waals surface area contributed by atoms with E-state index in [2.05, 4.69) is 52.6 Å². The fraction of sp³-hybridized carbons (Fsp3) is 0.321. The highest BCUT2D eigenvalue weighted by molar-refractivity contribution is 5.69. The monoisotopic (exact) mass is 464 g/mol. The van der Waals surface area contributed by atoms with Crippen LogP contribution in [0.2, 0.25) is 0 Å². The lowest BCUT2D eigenvalue weighted by Crippen LogP contribution is -2.34. The van der Waals surface area contributed by atoms with Crippen molar-refractivity contribution < 1.29 is 18.3 Å². The van der Waals surface area contributed by atoms with Gasteiger partial charge in [-0.3, -0.25) is 0 Å². The predicted molar refractivity (Wildman–Crippen MR) is 130 cm³/mol. The minimum atomic E-state index is -0.530. The Kier molecular flexibility index (Phi) is 7.58. The molecule has 1 saturated heterocycles. The molecule has 0 radical (unpaired) electrons. The summed E-state index contributed by atoms with van der Waals surface area (Å²) < 4.78 is 32.5. The van der Waals surface area contributed by atoms with Crippen LogP contribution in [0.1, 0.15) is 40.5 Å². The quantitative estimate of drug-likeness (QED) is 0.492. The number of carbonyl (C=O) groups excluding carboxylic acids is 1. The first kappa shape index (κ1) is 23.9. The summed E-state index contributed by atoms with van der Waals surface area (Å²) in [6.07, 6.45) is 1.07. The van der Waals surface area contributed by atoms with Crippen LogP contribution in [0.5, 0.6) is 0 Å². The van der Waals surface area contributed by atoms with Gasteiger partial charge in [0.05, 0.1) is 7.11 Å². The van der Waals surface area contributed by atoms with Gasteiger partial charge in [-0.25, -0.2) is 13.6 Å². The summed E-state index contributed by atoms with van der Waals surface area (Å²) in [4.78, 5) is 11.4. The zero-order valence-corrected chi connectivity index (χ0v) is 19.5. The third-order valence-corrected chi connectivity index (χ3v) is 6.64. The fourth-order valence-corrected chi connectivity index (χ4v) is 5.02. The first-order valence-corrected chi connectivity index (χ1v) is 11.6. The Labute approximate surface area is 199 Å². The second kappa shape index (κ2) is 10.8. The fourth-order valence-electron chi connectivity index (χ4n) is 5.02. The van der Waals surface area contributed by atoms with Crippen LogP contribution in [-0.4, -0.2) is 32.8 Å². The van der Waals surface area contributed by atoms with Crippen LogP contribution in [0.3, 0.4) is 0 Å². The summed E-state index contributed by atoms with van der Waals surface area (Å²) in [5, 5.41) is 6.18. The molecule has 2 N–H and O–H groups in total. The Morgan fingerprint density at radius 3 is 2.56 bits per heavy atom. The molecule has 4 rings (SSSR count). The maximum absolute atomic E-state index is 13.9. The van der Waals surface area contributed by atoms with Crippen LogP contribution in [0.15, 0.2) is 60.7 Å². The first-order chi connectivity index (χ1) is 16.5. The standard InChI is InChI=1S/C28H30F2N2O2/c1-18-13-20(25-6-4-3-5-19(25)9-12-32-28(33)34-2)7-8-24(18)27-17-31-11-10-26(27)21-14-22(29)16-23(30)15-21/h3-8,13-16,26-27,31H,9-12,17H2,1-2H3,(H,32,33)/t26-,27-/m1/s1. The van der Waals surface area contributed by atoms with E-state index in [4.69, 9.17) is 0 Å². The molecule has 0 unspecified atom stereocenters. The number of aryl methyl sites for hydroxylation is 1. The average Bonchev–Trinajstić information content (AvgIpc) is 2.83. The molecule has 0 aromatic heterocycles. The van der Waals surface area contributed by atoms with Crippen LogP contribution in [0, 0.1) is 18.6 Å². The Hall–Kier alpha value is -3.25. The number of alkyl carbamates (subject to hydrolysis) is 1. The summed E-state index contributed by atoms with van der Waals surface area (Å²) in [5.41, 5.74) is 6.42. The van der Waals surface area contributed by atoms with Crippen molar-refractivity contribution in [1.29, 1.82) is 0 Å². The van der Waals surface area contributed by atoms with Crippen molar-refractivity contribution in [2.75, 3.05) is 26.7 Å². The molecule has 1 fully saturated rings. The lowest BCUT2D eigenvalue weighted by Gasteiger charge is -2.34. The number of halogens is 2. The van der Waals surface area contributed by atoms with E-state index in [0.717, 1.165) is 53.4 Å². The van der Waals surface area contributed by atoms with E-state index in [9.17, 15) is 13.6 Å². The number of rotatable bonds is 6. The van der Waals surface area contributed by atoms with Crippen LogP contribution < -0.4 is 10.6 Å². The molecule has 2 atom stereocenters. The summed E-state index contributed by atoms with van der Waals surface area (Å²) in [6, 6.07) is 18.5. The summed E-state index contributed by atoms with van der Waals surface area (Å²) in [7, 11) is 1.35. The van der Waals surface area contributed by atoms with Crippen LogP contribution >= 0.6 is 0 Å². The molecule has 1 aliphatic rings. The van der Waals surface area contributed by atoms with Gasteiger partial charge >= 0.3 is 6.09 Å². The van der Waals surface area contributed by atoms with Crippen molar-refractivity contribution in [2.45, 2.75) is 31.6 Å². The first-order valence-electron chi connectivity index (χ1n) is 11.6. The molecule has 4 nitrogen and oxygen atoms in total. The topological polar surface area (TPSA) is 50.4 Å². The normalized spacial score (nSPS) is 17.9. The second-order valence-electron chi connectivity index (χ2n) is 8.81. The number of methoxy groups -OCH3 is 1. The third-order valence-electron chi connectivity index (χ3n) is 6.64. The van der Waals surface area contributed by atoms with E-state index in [1.165, 1.54) is 24.8 Å². The van der Waals surface area contributed by atoms with Crippen molar-refractivity contribution in [3.63, 3.8) is 0 Å². The van der Waals surface area contributed by atoms with Gasteiger partial charge in [-0.05, 0) is 77.7 Å². The molecule has 0 saturated carbocycles. The lowest BCUT2D eigenvalue weighted by molar-refractivity contribution is 0.171. The van der Waals surface area contributed by atoms with Crippen molar-refractivity contribution in [2.24, 2.45) is 0 Å². The maximum atomic E-state index is 13.9. The van der Waals surface area contributed by atoms with Crippen molar-refractivity contribution in [3.8, 4) is 11.1 Å². The molecule has 1 heterocycles. The minimum absolute atomic E-state index is 0.0488. The van der Waals surface area contributed by atoms with Crippen LogP contribution in [0.4, 0.5) is 13.6 Å². The van der Waals surface area contributed by atoms with Crippen molar-refractivity contribution in [3.05, 3.63) is 94.6 Å². The van der Waals surface area contributed by atoms with E-state index in [1.807, 2.05) is 12.1 Å². The summed E-state index contributed by atoms with van der Waals surface area (Å²) >= 11 is 0. The maximum Gasteiger partial charge on any atom is 0.406 e. The largest absolute Gasteiger partial charge is 0.453 e. The van der Waals surface area contributed by atoms with Gasteiger partial charge in [0.2, 0.25) is 0 Å². The van der Waals surface area contributed by atoms with E-state index in [-0.39, 0.29) is 11.8 Å². The highest BCUT2D eigenvalue weighted by atomic mass is 19.1. The van der Waals surface area contributed by atoms with Crippen molar-refractivity contribution >= 4 is 6.09 Å². The molecule has 34 heavy (non-hydrogen) atoms. The minimum Gasteiger partial charge on any atom is -0.453 e. The van der Waals surface area contributed by atoms with Gasteiger partial charge in [-0.1, -0.05) is 42.5 Å². The van der Waals surface area contributed by atoms with E-state index >= 15 is 0 Å². The molecule has 0 spiro atoms. The molecule has 1 aliphatic heterocycles. The number of nitrogens with one attached hydrogen (secondary N) is 2. The van der Waals surface area contributed by atoms with Gasteiger partial charge in [0.15, 0.2) is 0 Å². The van der Waals surface area contributed by atoms with E-state index in [1.54, 1.807) is 0 Å². The van der Waals surface area contributed by atoms with Crippen molar-refractivity contribution in [1.82, 2.24) is 10.6 Å². The smallest absolute Gasteiger partial charge is 0.406 e. The highest BCUT2D eigenvalue weighted by Gasteiger charge is 2.29. The van der Waals surface area contributed by atoms with E-state index < -0.39 is 17.7 Å². The van der Waals surface area contributed by atoms with Gasteiger partial charge in [0.1, 0.15) is 11.6 Å². The number of piperidine rings is 1. The van der Waals surface area contributed by atoms with Crippen LogP contribution in [-0.2, 0) is 11.2 Å². The molecular weight excluding hydrogens is 434 g/mol. The van der Waals surface area contributed by atoms with Gasteiger partial charge in [-0.15, -0.1) is 0 Å². The molecule has 0 aliphatic carbocycles.